The Balaban J connectivity index is 2.79. The summed E-state index contributed by atoms with van der Waals surface area (Å²) < 4.78 is 11.2. The van der Waals surface area contributed by atoms with Gasteiger partial charge in [0.1, 0.15) is 0 Å². The Kier molecular flexibility index (Phi) is 6.79. The summed E-state index contributed by atoms with van der Waals surface area (Å²) in [6.07, 6.45) is 1.04. The SMILES string of the molecule is CCC(C)OC(=O)C(C(=O)OC(C)CC)=C1SCS1. The van der Waals surface area contributed by atoms with E-state index in [1.165, 1.54) is 23.5 Å². The van der Waals surface area contributed by atoms with E-state index >= 15 is 0 Å². The van der Waals surface area contributed by atoms with E-state index in [0.29, 0.717) is 4.24 Å². The van der Waals surface area contributed by atoms with Crippen molar-refractivity contribution in [3.05, 3.63) is 9.81 Å². The lowest BCUT2D eigenvalue weighted by molar-refractivity contribution is -0.151. The van der Waals surface area contributed by atoms with Crippen molar-refractivity contribution in [3.63, 3.8) is 0 Å². The zero-order valence-corrected chi connectivity index (χ0v) is 13.4. The summed E-state index contributed by atoms with van der Waals surface area (Å²) in [7, 11) is 0. The van der Waals surface area contributed by atoms with Crippen LogP contribution in [0.1, 0.15) is 40.5 Å². The van der Waals surface area contributed by atoms with E-state index in [1.54, 1.807) is 13.8 Å². The summed E-state index contributed by atoms with van der Waals surface area (Å²) in [5.74, 6) is -1.14. The van der Waals surface area contributed by atoms with E-state index in [4.69, 9.17) is 9.47 Å². The van der Waals surface area contributed by atoms with E-state index in [0.717, 1.165) is 17.9 Å². The molecule has 0 aromatic rings. The topological polar surface area (TPSA) is 52.6 Å². The fourth-order valence-corrected chi connectivity index (χ4v) is 2.73. The van der Waals surface area contributed by atoms with Crippen molar-refractivity contribution in [1.82, 2.24) is 0 Å². The molecule has 0 aliphatic carbocycles. The number of hydrogen-bond acceptors (Lipinski definition) is 6. The largest absolute Gasteiger partial charge is 0.459 e. The zero-order valence-electron chi connectivity index (χ0n) is 11.7. The van der Waals surface area contributed by atoms with Crippen LogP contribution in [0, 0.1) is 0 Å². The fraction of sp³-hybridized carbons (Fsp3) is 0.692. The van der Waals surface area contributed by atoms with Gasteiger partial charge in [0.05, 0.1) is 16.4 Å². The van der Waals surface area contributed by atoms with Crippen LogP contribution in [0.4, 0.5) is 0 Å². The van der Waals surface area contributed by atoms with Gasteiger partial charge in [0.15, 0.2) is 5.57 Å². The van der Waals surface area contributed by atoms with Gasteiger partial charge in [-0.1, -0.05) is 13.8 Å². The number of thioether (sulfide) groups is 2. The Morgan fingerprint density at radius 1 is 1.05 bits per heavy atom. The summed E-state index contributed by atoms with van der Waals surface area (Å²) in [6, 6.07) is 0. The molecule has 1 aliphatic heterocycles. The number of esters is 2. The predicted molar refractivity (Wildman–Crippen MR) is 78.8 cm³/mol. The average molecular weight is 304 g/mol. The molecule has 1 saturated heterocycles. The molecule has 0 amide bonds. The summed E-state index contributed by atoms with van der Waals surface area (Å²) in [4.78, 5) is 24.1. The van der Waals surface area contributed by atoms with Crippen molar-refractivity contribution in [2.45, 2.75) is 52.7 Å². The molecule has 0 aromatic heterocycles. The Labute approximate surface area is 122 Å². The maximum atomic E-state index is 12.1. The van der Waals surface area contributed by atoms with Crippen LogP contribution in [0.3, 0.4) is 0 Å². The van der Waals surface area contributed by atoms with Crippen LogP contribution in [-0.4, -0.2) is 29.2 Å². The Hall–Kier alpha value is -0.620. The molecule has 0 aromatic carbocycles. The fourth-order valence-electron chi connectivity index (χ4n) is 1.16. The normalized spacial score (nSPS) is 17.2. The maximum Gasteiger partial charge on any atom is 0.347 e. The quantitative estimate of drug-likeness (QED) is 0.325. The van der Waals surface area contributed by atoms with Gasteiger partial charge in [-0.15, -0.1) is 23.5 Å². The lowest BCUT2D eigenvalue weighted by Gasteiger charge is -2.21. The molecule has 19 heavy (non-hydrogen) atoms. The molecule has 1 heterocycles. The Morgan fingerprint density at radius 3 is 1.74 bits per heavy atom. The van der Waals surface area contributed by atoms with E-state index in [9.17, 15) is 9.59 Å². The number of rotatable bonds is 6. The number of hydrogen-bond donors (Lipinski definition) is 0. The third-order valence-corrected chi connectivity index (χ3v) is 5.34. The van der Waals surface area contributed by atoms with Crippen molar-refractivity contribution >= 4 is 35.5 Å². The molecule has 2 atom stereocenters. The number of carbonyl (C=O) groups is 2. The minimum atomic E-state index is -0.572. The second-order valence-electron chi connectivity index (χ2n) is 4.32. The average Bonchev–Trinajstić information content (AvgIpc) is 2.32. The second kappa shape index (κ2) is 7.85. The van der Waals surface area contributed by atoms with Crippen LogP contribution in [0.15, 0.2) is 9.81 Å². The molecule has 1 rings (SSSR count). The first-order valence-corrected chi connectivity index (χ1v) is 8.38. The molecule has 108 valence electrons. The number of carbonyl (C=O) groups excluding carboxylic acids is 2. The van der Waals surface area contributed by atoms with Gasteiger partial charge in [-0.3, -0.25) is 0 Å². The van der Waals surface area contributed by atoms with E-state index < -0.39 is 11.9 Å². The first-order chi connectivity index (χ1) is 8.99. The lowest BCUT2D eigenvalue weighted by Crippen LogP contribution is -2.26. The molecule has 0 bridgehead atoms. The highest BCUT2D eigenvalue weighted by Gasteiger charge is 2.31. The summed E-state index contributed by atoms with van der Waals surface area (Å²) in [5.41, 5.74) is 0.0573. The lowest BCUT2D eigenvalue weighted by atomic mass is 10.2. The predicted octanol–water partition coefficient (Wildman–Crippen LogP) is 3.32. The molecule has 0 spiro atoms. The second-order valence-corrected chi connectivity index (χ2v) is 6.91. The van der Waals surface area contributed by atoms with Crippen molar-refractivity contribution in [2.24, 2.45) is 0 Å². The molecule has 2 unspecified atom stereocenters. The molecule has 6 heteroatoms. The molecule has 4 nitrogen and oxygen atoms in total. The zero-order chi connectivity index (χ0) is 14.4. The van der Waals surface area contributed by atoms with Crippen molar-refractivity contribution < 1.29 is 19.1 Å². The van der Waals surface area contributed by atoms with Crippen molar-refractivity contribution in [2.75, 3.05) is 5.08 Å². The minimum absolute atomic E-state index is 0.0573. The first kappa shape index (κ1) is 16.4. The van der Waals surface area contributed by atoms with Crippen LogP contribution < -0.4 is 0 Å². The van der Waals surface area contributed by atoms with Gasteiger partial charge in [-0.25, -0.2) is 9.59 Å². The smallest absolute Gasteiger partial charge is 0.347 e. The molecule has 0 N–H and O–H groups in total. The van der Waals surface area contributed by atoms with Gasteiger partial charge in [0, 0.05) is 5.08 Å². The van der Waals surface area contributed by atoms with Crippen molar-refractivity contribution in [3.8, 4) is 0 Å². The molecule has 1 fully saturated rings. The van der Waals surface area contributed by atoms with Gasteiger partial charge in [0.2, 0.25) is 0 Å². The van der Waals surface area contributed by atoms with Crippen LogP contribution >= 0.6 is 23.5 Å². The molecule has 0 radical (unpaired) electrons. The Morgan fingerprint density at radius 2 is 1.47 bits per heavy atom. The van der Waals surface area contributed by atoms with Gasteiger partial charge >= 0.3 is 11.9 Å². The minimum Gasteiger partial charge on any atom is -0.459 e. The molecule has 1 aliphatic rings. The monoisotopic (exact) mass is 304 g/mol. The van der Waals surface area contributed by atoms with Crippen molar-refractivity contribution in [1.29, 1.82) is 0 Å². The van der Waals surface area contributed by atoms with E-state index in [2.05, 4.69) is 0 Å². The van der Waals surface area contributed by atoms with Gasteiger partial charge in [0.25, 0.3) is 0 Å². The Bertz CT molecular complexity index is 347. The van der Waals surface area contributed by atoms with Crippen LogP contribution in [-0.2, 0) is 19.1 Å². The van der Waals surface area contributed by atoms with Crippen LogP contribution in [0.2, 0.25) is 0 Å². The van der Waals surface area contributed by atoms with Crippen LogP contribution in [0.25, 0.3) is 0 Å². The third kappa shape index (κ3) is 4.76. The highest BCUT2D eigenvalue weighted by Crippen LogP contribution is 2.45. The van der Waals surface area contributed by atoms with Gasteiger partial charge in [-0.2, -0.15) is 0 Å². The van der Waals surface area contributed by atoms with Gasteiger partial charge < -0.3 is 9.47 Å². The summed E-state index contributed by atoms with van der Waals surface area (Å²) >= 11 is 2.96. The highest BCUT2D eigenvalue weighted by atomic mass is 32.3. The highest BCUT2D eigenvalue weighted by molar-refractivity contribution is 8.37. The summed E-state index contributed by atoms with van der Waals surface area (Å²) in [6.45, 7) is 7.46. The van der Waals surface area contributed by atoms with E-state index in [1.807, 2.05) is 13.8 Å². The van der Waals surface area contributed by atoms with E-state index in [-0.39, 0.29) is 17.8 Å². The maximum absolute atomic E-state index is 12.1. The number of ether oxygens (including phenoxy) is 2. The van der Waals surface area contributed by atoms with Crippen LogP contribution in [0.5, 0.6) is 0 Å². The molecular formula is C13H20O4S2. The summed E-state index contributed by atoms with van der Waals surface area (Å²) in [5, 5.41) is 0.853. The standard InChI is InChI=1S/C13H20O4S2/c1-5-8(3)16-11(14)10(13-18-7-19-13)12(15)17-9(4)6-2/h8-9H,5-7H2,1-4H3. The van der Waals surface area contributed by atoms with Gasteiger partial charge in [-0.05, 0) is 26.7 Å². The first-order valence-electron chi connectivity index (χ1n) is 6.41. The molecule has 0 saturated carbocycles. The third-order valence-electron chi connectivity index (χ3n) is 2.76. The molecular weight excluding hydrogens is 284 g/mol.